The zero-order chi connectivity index (χ0) is 7.28. The number of rotatable bonds is 4. The average Bonchev–Trinajstić information content (AvgIpc) is 1.90. The highest BCUT2D eigenvalue weighted by atomic mass is 16.1. The van der Waals surface area contributed by atoms with E-state index in [9.17, 15) is 4.79 Å². The van der Waals surface area contributed by atoms with Crippen LogP contribution in [0.2, 0.25) is 0 Å². The molecule has 0 saturated carbocycles. The van der Waals surface area contributed by atoms with Gasteiger partial charge in [0.2, 0.25) is 0 Å². The van der Waals surface area contributed by atoms with Crippen LogP contribution in [0.1, 0.15) is 20.8 Å². The first kappa shape index (κ1) is 8.63. The van der Waals surface area contributed by atoms with Crippen molar-refractivity contribution in [2.75, 3.05) is 13.1 Å². The van der Waals surface area contributed by atoms with Gasteiger partial charge >= 0.3 is 0 Å². The Morgan fingerprint density at radius 3 is 2.00 bits per heavy atom. The van der Waals surface area contributed by atoms with E-state index in [0.29, 0.717) is 0 Å². The monoisotopic (exact) mass is 129 g/mol. The first-order chi connectivity index (χ1) is 4.26. The Morgan fingerprint density at radius 1 is 1.44 bits per heavy atom. The fourth-order valence-corrected chi connectivity index (χ4v) is 0.886. The van der Waals surface area contributed by atoms with Crippen LogP contribution >= 0.6 is 0 Å². The van der Waals surface area contributed by atoms with Gasteiger partial charge in [0.1, 0.15) is 6.29 Å². The molecule has 0 N–H and O–H groups in total. The van der Waals surface area contributed by atoms with Crippen molar-refractivity contribution < 1.29 is 4.79 Å². The van der Waals surface area contributed by atoms with E-state index in [1.54, 1.807) is 0 Å². The average molecular weight is 129 g/mol. The highest BCUT2D eigenvalue weighted by Crippen LogP contribution is 1.92. The maximum Gasteiger partial charge on any atom is 0.136 e. The molecule has 0 amide bonds. The Labute approximate surface area is 56.9 Å². The molecule has 0 aromatic heterocycles. The van der Waals surface area contributed by atoms with Gasteiger partial charge in [-0.25, -0.2) is 0 Å². The molecule has 1 unspecified atom stereocenters. The zero-order valence-electron chi connectivity index (χ0n) is 6.42. The van der Waals surface area contributed by atoms with E-state index in [2.05, 4.69) is 18.7 Å². The van der Waals surface area contributed by atoms with Crippen LogP contribution < -0.4 is 0 Å². The lowest BCUT2D eigenvalue weighted by Crippen LogP contribution is -2.33. The number of carbonyl (C=O) groups is 1. The van der Waals surface area contributed by atoms with Crippen LogP contribution in [0.5, 0.6) is 0 Å². The lowest BCUT2D eigenvalue weighted by molar-refractivity contribution is -0.111. The molecule has 0 rings (SSSR count). The second-order valence-electron chi connectivity index (χ2n) is 2.10. The molecule has 2 heteroatoms. The molecule has 54 valence electrons. The quantitative estimate of drug-likeness (QED) is 0.526. The normalized spacial score (nSPS) is 13.8. The van der Waals surface area contributed by atoms with Crippen LogP contribution in [0, 0.1) is 0 Å². The van der Waals surface area contributed by atoms with E-state index in [1.165, 1.54) is 0 Å². The summed E-state index contributed by atoms with van der Waals surface area (Å²) in [7, 11) is 0. The molecule has 0 aliphatic heterocycles. The SMILES string of the molecule is CCN(CC)C(C)C=O. The van der Waals surface area contributed by atoms with Gasteiger partial charge in [0.25, 0.3) is 0 Å². The number of aldehydes is 1. The summed E-state index contributed by atoms with van der Waals surface area (Å²) >= 11 is 0. The van der Waals surface area contributed by atoms with Crippen molar-refractivity contribution >= 4 is 6.29 Å². The van der Waals surface area contributed by atoms with Crippen molar-refractivity contribution in [3.8, 4) is 0 Å². The molecule has 0 aromatic rings. The van der Waals surface area contributed by atoms with Crippen molar-refractivity contribution in [3.63, 3.8) is 0 Å². The van der Waals surface area contributed by atoms with Crippen LogP contribution in [-0.4, -0.2) is 30.3 Å². The number of hydrogen-bond acceptors (Lipinski definition) is 2. The lowest BCUT2D eigenvalue weighted by atomic mass is 10.3. The van der Waals surface area contributed by atoms with Gasteiger partial charge in [0.15, 0.2) is 0 Å². The highest BCUT2D eigenvalue weighted by Gasteiger charge is 2.06. The Morgan fingerprint density at radius 2 is 1.89 bits per heavy atom. The minimum atomic E-state index is 0.0833. The lowest BCUT2D eigenvalue weighted by Gasteiger charge is -2.20. The topological polar surface area (TPSA) is 20.3 Å². The molecular formula is C7H15NO. The molecule has 0 heterocycles. The molecule has 0 spiro atoms. The molecule has 0 aliphatic carbocycles. The fraction of sp³-hybridized carbons (Fsp3) is 0.857. The molecule has 0 radical (unpaired) electrons. The molecule has 0 saturated heterocycles. The summed E-state index contributed by atoms with van der Waals surface area (Å²) in [6.45, 7) is 7.94. The van der Waals surface area contributed by atoms with Gasteiger partial charge in [-0.15, -0.1) is 0 Å². The van der Waals surface area contributed by atoms with Gasteiger partial charge in [0.05, 0.1) is 6.04 Å². The van der Waals surface area contributed by atoms with Gasteiger partial charge in [0, 0.05) is 0 Å². The van der Waals surface area contributed by atoms with E-state index >= 15 is 0 Å². The van der Waals surface area contributed by atoms with Crippen LogP contribution in [-0.2, 0) is 4.79 Å². The van der Waals surface area contributed by atoms with Crippen molar-refractivity contribution in [1.82, 2.24) is 4.90 Å². The van der Waals surface area contributed by atoms with Gasteiger partial charge in [-0.3, -0.25) is 4.90 Å². The van der Waals surface area contributed by atoms with Crippen molar-refractivity contribution in [1.29, 1.82) is 0 Å². The summed E-state index contributed by atoms with van der Waals surface area (Å²) in [6.07, 6.45) is 0.979. The van der Waals surface area contributed by atoms with E-state index < -0.39 is 0 Å². The van der Waals surface area contributed by atoms with E-state index in [-0.39, 0.29) is 6.04 Å². The number of carbonyl (C=O) groups excluding carboxylic acids is 1. The Hall–Kier alpha value is -0.370. The first-order valence-electron chi connectivity index (χ1n) is 3.45. The molecule has 0 bridgehead atoms. The van der Waals surface area contributed by atoms with Crippen molar-refractivity contribution in [2.45, 2.75) is 26.8 Å². The molecule has 0 aromatic carbocycles. The molecule has 2 nitrogen and oxygen atoms in total. The van der Waals surface area contributed by atoms with E-state index in [4.69, 9.17) is 0 Å². The van der Waals surface area contributed by atoms with E-state index in [1.807, 2.05) is 6.92 Å². The Kier molecular flexibility index (Phi) is 4.32. The number of nitrogens with zero attached hydrogens (tertiary/aromatic N) is 1. The third kappa shape index (κ3) is 2.61. The second kappa shape index (κ2) is 4.50. The summed E-state index contributed by atoms with van der Waals surface area (Å²) in [4.78, 5) is 12.3. The Balaban J connectivity index is 3.63. The zero-order valence-corrected chi connectivity index (χ0v) is 6.42. The van der Waals surface area contributed by atoms with Gasteiger partial charge in [-0.1, -0.05) is 13.8 Å². The largest absolute Gasteiger partial charge is 0.302 e. The molecule has 1 atom stereocenters. The molecule has 0 fully saturated rings. The maximum absolute atomic E-state index is 10.2. The highest BCUT2D eigenvalue weighted by molar-refractivity contribution is 5.56. The first-order valence-corrected chi connectivity index (χ1v) is 3.45. The number of likely N-dealkylation sites (N-methyl/N-ethyl adjacent to an activating group) is 1. The minimum absolute atomic E-state index is 0.0833. The third-order valence-electron chi connectivity index (χ3n) is 1.59. The predicted molar refractivity (Wildman–Crippen MR) is 38.4 cm³/mol. The Bertz CT molecular complexity index is 79.0. The minimum Gasteiger partial charge on any atom is -0.302 e. The van der Waals surface area contributed by atoms with Gasteiger partial charge in [-0.05, 0) is 20.0 Å². The summed E-state index contributed by atoms with van der Waals surface area (Å²) in [5, 5.41) is 0. The van der Waals surface area contributed by atoms with Crippen LogP contribution in [0.3, 0.4) is 0 Å². The van der Waals surface area contributed by atoms with Crippen molar-refractivity contribution in [2.24, 2.45) is 0 Å². The summed E-state index contributed by atoms with van der Waals surface area (Å²) in [6, 6.07) is 0.0833. The summed E-state index contributed by atoms with van der Waals surface area (Å²) in [5.74, 6) is 0. The van der Waals surface area contributed by atoms with Crippen LogP contribution in [0.4, 0.5) is 0 Å². The second-order valence-corrected chi connectivity index (χ2v) is 2.10. The van der Waals surface area contributed by atoms with Gasteiger partial charge in [-0.2, -0.15) is 0 Å². The van der Waals surface area contributed by atoms with Crippen LogP contribution in [0.25, 0.3) is 0 Å². The van der Waals surface area contributed by atoms with Crippen molar-refractivity contribution in [3.05, 3.63) is 0 Å². The van der Waals surface area contributed by atoms with Gasteiger partial charge < -0.3 is 4.79 Å². The van der Waals surface area contributed by atoms with Crippen LogP contribution in [0.15, 0.2) is 0 Å². The molecular weight excluding hydrogens is 114 g/mol. The van der Waals surface area contributed by atoms with E-state index in [0.717, 1.165) is 19.4 Å². The smallest absolute Gasteiger partial charge is 0.136 e. The predicted octanol–water partition coefficient (Wildman–Crippen LogP) is 0.916. The summed E-state index contributed by atoms with van der Waals surface area (Å²) < 4.78 is 0. The maximum atomic E-state index is 10.2. The fourth-order valence-electron chi connectivity index (χ4n) is 0.886. The molecule has 0 aliphatic rings. The standard InChI is InChI=1S/C7H15NO/c1-4-8(5-2)7(3)6-9/h6-7H,4-5H2,1-3H3. The molecule has 9 heavy (non-hydrogen) atoms. The third-order valence-corrected chi connectivity index (χ3v) is 1.59. The number of hydrogen-bond donors (Lipinski definition) is 0. The summed E-state index contributed by atoms with van der Waals surface area (Å²) in [5.41, 5.74) is 0.